The first-order chi connectivity index (χ1) is 13.7. The summed E-state index contributed by atoms with van der Waals surface area (Å²) >= 11 is 0. The van der Waals surface area contributed by atoms with Gasteiger partial charge in [0.05, 0.1) is 24.1 Å². The molecule has 1 aliphatic rings. The quantitative estimate of drug-likeness (QED) is 0.703. The summed E-state index contributed by atoms with van der Waals surface area (Å²) in [4.78, 5) is 19.6. The number of nitrogens with one attached hydrogen (secondary N) is 1. The predicted octanol–water partition coefficient (Wildman–Crippen LogP) is 3.96. The normalized spacial score (nSPS) is 15.6. The molecule has 148 valence electrons. The third-order valence-corrected chi connectivity index (χ3v) is 5.42. The number of nitrogens with zero attached hydrogens (tertiary/aromatic N) is 3. The monoisotopic (exact) mass is 380 g/mol. The van der Waals surface area contributed by atoms with Gasteiger partial charge in [-0.25, -0.2) is 4.98 Å². The Hall–Kier alpha value is -2.60. The van der Waals surface area contributed by atoms with Gasteiger partial charge in [-0.1, -0.05) is 25.0 Å². The number of hydrogen-bond donors (Lipinski definition) is 1. The van der Waals surface area contributed by atoms with Gasteiger partial charge in [0, 0.05) is 6.54 Å². The maximum Gasteiger partial charge on any atom is 0.287 e. The van der Waals surface area contributed by atoms with Gasteiger partial charge in [0.1, 0.15) is 11.6 Å². The van der Waals surface area contributed by atoms with Crippen LogP contribution in [0, 0.1) is 0 Å². The number of imidazole rings is 1. The van der Waals surface area contributed by atoms with Gasteiger partial charge < -0.3 is 14.3 Å². The molecule has 1 aromatic carbocycles. The molecule has 1 aliphatic heterocycles. The minimum Gasteiger partial charge on any atom is -0.455 e. The van der Waals surface area contributed by atoms with Crippen molar-refractivity contribution in [3.8, 4) is 0 Å². The summed E-state index contributed by atoms with van der Waals surface area (Å²) in [6.07, 6.45) is 5.11. The molecule has 6 nitrogen and oxygen atoms in total. The second-order valence-corrected chi connectivity index (χ2v) is 7.40. The molecule has 6 heteroatoms. The van der Waals surface area contributed by atoms with E-state index in [0.29, 0.717) is 12.3 Å². The zero-order chi connectivity index (χ0) is 19.3. The summed E-state index contributed by atoms with van der Waals surface area (Å²) in [7, 11) is 0. The van der Waals surface area contributed by atoms with E-state index in [4.69, 9.17) is 4.42 Å². The molecule has 1 saturated heterocycles. The number of benzene rings is 1. The lowest BCUT2D eigenvalue weighted by Gasteiger charge is -2.17. The average Bonchev–Trinajstić information content (AvgIpc) is 3.23. The molecule has 0 radical (unpaired) electrons. The van der Waals surface area contributed by atoms with E-state index in [1.807, 2.05) is 24.3 Å². The Morgan fingerprint density at radius 1 is 1.11 bits per heavy atom. The fraction of sp³-hybridized carbons (Fsp3) is 0.455. The number of rotatable bonds is 6. The van der Waals surface area contributed by atoms with E-state index in [-0.39, 0.29) is 5.91 Å². The number of para-hydroxylation sites is 2. The zero-order valence-electron chi connectivity index (χ0n) is 16.5. The second kappa shape index (κ2) is 8.61. The largest absolute Gasteiger partial charge is 0.455 e. The number of carbonyl (C=O) groups is 1. The molecule has 0 saturated carbocycles. The van der Waals surface area contributed by atoms with Gasteiger partial charge in [-0.05, 0) is 57.1 Å². The highest BCUT2D eigenvalue weighted by Gasteiger charge is 2.16. The van der Waals surface area contributed by atoms with E-state index >= 15 is 0 Å². The maximum atomic E-state index is 12.5. The molecule has 1 fully saturated rings. The van der Waals surface area contributed by atoms with Crippen LogP contribution in [0.3, 0.4) is 0 Å². The molecule has 28 heavy (non-hydrogen) atoms. The van der Waals surface area contributed by atoms with Crippen LogP contribution in [0.25, 0.3) is 11.0 Å². The van der Waals surface area contributed by atoms with Crippen LogP contribution in [-0.4, -0.2) is 33.4 Å². The van der Waals surface area contributed by atoms with Crippen LogP contribution in [0.5, 0.6) is 0 Å². The number of hydrogen-bond acceptors (Lipinski definition) is 4. The maximum absolute atomic E-state index is 12.5. The Labute approximate surface area is 165 Å². The third-order valence-electron chi connectivity index (χ3n) is 5.42. The van der Waals surface area contributed by atoms with E-state index < -0.39 is 0 Å². The van der Waals surface area contributed by atoms with E-state index in [0.717, 1.165) is 48.8 Å². The molecular weight excluding hydrogens is 352 g/mol. The van der Waals surface area contributed by atoms with Gasteiger partial charge in [-0.15, -0.1) is 0 Å². The Morgan fingerprint density at radius 3 is 2.68 bits per heavy atom. The first-order valence-corrected chi connectivity index (χ1v) is 10.3. The second-order valence-electron chi connectivity index (χ2n) is 7.40. The number of fused-ring (bicyclic) bond motifs is 1. The fourth-order valence-electron chi connectivity index (χ4n) is 3.96. The zero-order valence-corrected chi connectivity index (χ0v) is 16.5. The Bertz CT molecular complexity index is 935. The number of aromatic nitrogens is 2. The van der Waals surface area contributed by atoms with Crippen molar-refractivity contribution < 1.29 is 9.21 Å². The van der Waals surface area contributed by atoms with Crippen LogP contribution in [0.4, 0.5) is 0 Å². The molecule has 0 spiro atoms. The molecule has 0 atom stereocenters. The molecule has 0 unspecified atom stereocenters. The summed E-state index contributed by atoms with van der Waals surface area (Å²) in [5, 5.41) is 2.95. The van der Waals surface area contributed by atoms with Crippen molar-refractivity contribution in [3.63, 3.8) is 0 Å². The van der Waals surface area contributed by atoms with Crippen LogP contribution in [0.15, 0.2) is 40.8 Å². The SMILES string of the molecule is CCn1c(CNC(=O)c2ccc(CN3CCCCCC3)o2)nc2ccccc21. The van der Waals surface area contributed by atoms with Gasteiger partial charge in [-0.2, -0.15) is 0 Å². The van der Waals surface area contributed by atoms with Crippen molar-refractivity contribution >= 4 is 16.9 Å². The first kappa shape index (κ1) is 18.7. The van der Waals surface area contributed by atoms with Crippen molar-refractivity contribution in [2.24, 2.45) is 0 Å². The van der Waals surface area contributed by atoms with Crippen molar-refractivity contribution in [2.45, 2.75) is 52.2 Å². The topological polar surface area (TPSA) is 63.3 Å². The first-order valence-electron chi connectivity index (χ1n) is 10.3. The van der Waals surface area contributed by atoms with Crippen LogP contribution in [0.2, 0.25) is 0 Å². The standard InChI is InChI=1S/C22H28N4O2/c1-2-26-19-10-6-5-9-18(19)24-21(26)15-23-22(27)20-12-11-17(28-20)16-25-13-7-3-4-8-14-25/h5-6,9-12H,2-4,7-8,13-16H2,1H3,(H,23,27). The van der Waals surface area contributed by atoms with Crippen molar-refractivity contribution in [1.82, 2.24) is 19.8 Å². The van der Waals surface area contributed by atoms with Gasteiger partial charge >= 0.3 is 0 Å². The lowest BCUT2D eigenvalue weighted by Crippen LogP contribution is -2.25. The third kappa shape index (κ3) is 4.12. The average molecular weight is 380 g/mol. The smallest absolute Gasteiger partial charge is 0.287 e. The summed E-state index contributed by atoms with van der Waals surface area (Å²) in [6, 6.07) is 11.7. The molecule has 4 rings (SSSR count). The van der Waals surface area contributed by atoms with Crippen molar-refractivity contribution in [1.29, 1.82) is 0 Å². The lowest BCUT2D eigenvalue weighted by atomic mass is 10.2. The number of likely N-dealkylation sites (tertiary alicyclic amines) is 1. The summed E-state index contributed by atoms with van der Waals surface area (Å²) < 4.78 is 7.94. The molecule has 1 amide bonds. The van der Waals surface area contributed by atoms with E-state index in [2.05, 4.69) is 32.8 Å². The fourth-order valence-corrected chi connectivity index (χ4v) is 3.96. The van der Waals surface area contributed by atoms with Crippen molar-refractivity contribution in [2.75, 3.05) is 13.1 Å². The van der Waals surface area contributed by atoms with Gasteiger partial charge in [0.2, 0.25) is 0 Å². The van der Waals surface area contributed by atoms with E-state index in [9.17, 15) is 4.79 Å². The number of aryl methyl sites for hydroxylation is 1. The minimum atomic E-state index is -0.197. The molecule has 2 aromatic heterocycles. The van der Waals surface area contributed by atoms with Crippen LogP contribution in [0.1, 0.15) is 54.7 Å². The lowest BCUT2D eigenvalue weighted by molar-refractivity contribution is 0.0918. The van der Waals surface area contributed by atoms with Gasteiger partial charge in [0.15, 0.2) is 5.76 Å². The van der Waals surface area contributed by atoms with Crippen LogP contribution in [-0.2, 0) is 19.6 Å². The van der Waals surface area contributed by atoms with Gasteiger partial charge in [-0.3, -0.25) is 9.69 Å². The molecule has 0 aliphatic carbocycles. The number of amides is 1. The molecule has 3 heterocycles. The Morgan fingerprint density at radius 2 is 1.89 bits per heavy atom. The van der Waals surface area contributed by atoms with Crippen LogP contribution < -0.4 is 5.32 Å². The summed E-state index contributed by atoms with van der Waals surface area (Å²) in [5.74, 6) is 1.88. The highest BCUT2D eigenvalue weighted by Crippen LogP contribution is 2.17. The summed E-state index contributed by atoms with van der Waals surface area (Å²) in [6.45, 7) is 6.26. The van der Waals surface area contributed by atoms with E-state index in [1.54, 1.807) is 6.07 Å². The van der Waals surface area contributed by atoms with Crippen LogP contribution >= 0.6 is 0 Å². The minimum absolute atomic E-state index is 0.197. The molecule has 1 N–H and O–H groups in total. The predicted molar refractivity (Wildman–Crippen MR) is 109 cm³/mol. The highest BCUT2D eigenvalue weighted by molar-refractivity contribution is 5.91. The highest BCUT2D eigenvalue weighted by atomic mass is 16.4. The van der Waals surface area contributed by atoms with Gasteiger partial charge in [0.25, 0.3) is 5.91 Å². The van der Waals surface area contributed by atoms with Crippen molar-refractivity contribution in [3.05, 3.63) is 53.7 Å². The summed E-state index contributed by atoms with van der Waals surface area (Å²) in [5.41, 5.74) is 2.04. The van der Waals surface area contributed by atoms with E-state index in [1.165, 1.54) is 25.7 Å². The number of furan rings is 1. The molecule has 3 aromatic rings. The Kier molecular flexibility index (Phi) is 5.76. The molecular formula is C22H28N4O2. The molecule has 0 bridgehead atoms. The number of carbonyl (C=O) groups excluding carboxylic acids is 1. The Balaban J connectivity index is 1.38.